The maximum atomic E-state index is 11.0. The summed E-state index contributed by atoms with van der Waals surface area (Å²) in [5.41, 5.74) is -0.401. The highest BCUT2D eigenvalue weighted by molar-refractivity contribution is 5.94. The number of hydrogen-bond acceptors (Lipinski definition) is 4. The summed E-state index contributed by atoms with van der Waals surface area (Å²) in [6, 6.07) is 2.13. The Balaban J connectivity index is 3.35. The van der Waals surface area contributed by atoms with Crippen LogP contribution in [0, 0.1) is 0 Å². The average Bonchev–Trinajstić information content (AvgIpc) is 2.03. The van der Waals surface area contributed by atoms with E-state index in [1.807, 2.05) is 0 Å². The molecule has 0 amide bonds. The van der Waals surface area contributed by atoms with Crippen molar-refractivity contribution in [2.75, 3.05) is 0 Å². The van der Waals surface area contributed by atoms with Crippen LogP contribution in [0.3, 0.4) is 0 Å². The fraction of sp³-hybridized carbons (Fsp3) is 0.222. The molecule has 0 saturated heterocycles. The monoisotopic (exact) mass is 180 g/mol. The number of carbonyl (C=O) groups is 2. The largest absolute Gasteiger partial charge is 0.450 e. The number of hydrogen-bond donors (Lipinski definition) is 0. The first-order valence-electron chi connectivity index (χ1n) is 3.68. The van der Waals surface area contributed by atoms with E-state index in [2.05, 4.69) is 0 Å². The lowest BCUT2D eigenvalue weighted by Crippen LogP contribution is -2.07. The van der Waals surface area contributed by atoms with Crippen LogP contribution >= 0.6 is 0 Å². The zero-order valence-corrected chi connectivity index (χ0v) is 7.29. The van der Waals surface area contributed by atoms with E-state index in [4.69, 9.17) is 4.42 Å². The number of Topliss-reactive ketones (excluding diaryl/α,β-unsaturated/α-hetero) is 2. The van der Waals surface area contributed by atoms with Gasteiger partial charge in [0, 0.05) is 26.0 Å². The van der Waals surface area contributed by atoms with Crippen LogP contribution in [0.2, 0.25) is 0 Å². The third-order valence-electron chi connectivity index (χ3n) is 1.46. The quantitative estimate of drug-likeness (QED) is 0.638. The Morgan fingerprint density at radius 1 is 1.08 bits per heavy atom. The molecule has 0 atom stereocenters. The predicted molar refractivity (Wildman–Crippen MR) is 45.0 cm³/mol. The van der Waals surface area contributed by atoms with Gasteiger partial charge >= 0.3 is 0 Å². The lowest BCUT2D eigenvalue weighted by Gasteiger charge is -1.96. The Morgan fingerprint density at radius 2 is 1.46 bits per heavy atom. The van der Waals surface area contributed by atoms with Crippen LogP contribution in [0.5, 0.6) is 0 Å². The molecule has 0 fully saturated rings. The van der Waals surface area contributed by atoms with Gasteiger partial charge in [-0.05, 0) is 0 Å². The summed E-state index contributed by atoms with van der Waals surface area (Å²) in [5, 5.41) is 0. The first-order valence-corrected chi connectivity index (χ1v) is 3.68. The van der Waals surface area contributed by atoms with Crippen molar-refractivity contribution in [2.45, 2.75) is 13.8 Å². The Labute approximate surface area is 74.2 Å². The smallest absolute Gasteiger partial charge is 0.195 e. The summed E-state index contributed by atoms with van der Waals surface area (Å²) < 4.78 is 4.88. The molecule has 1 aromatic heterocycles. The molecule has 68 valence electrons. The highest BCUT2D eigenvalue weighted by Gasteiger charge is 2.08. The molecule has 0 saturated carbocycles. The van der Waals surface area contributed by atoms with Gasteiger partial charge in [0.25, 0.3) is 0 Å². The van der Waals surface area contributed by atoms with Gasteiger partial charge in [-0.3, -0.25) is 14.4 Å². The minimum atomic E-state index is -0.401. The second-order valence-electron chi connectivity index (χ2n) is 2.63. The molecular formula is C9H8O4. The molecule has 0 N–H and O–H groups in total. The summed E-state index contributed by atoms with van der Waals surface area (Å²) >= 11 is 0. The van der Waals surface area contributed by atoms with E-state index in [0.29, 0.717) is 0 Å². The van der Waals surface area contributed by atoms with Gasteiger partial charge in [0.2, 0.25) is 0 Å². The van der Waals surface area contributed by atoms with Crippen molar-refractivity contribution in [2.24, 2.45) is 0 Å². The van der Waals surface area contributed by atoms with Crippen molar-refractivity contribution in [3.63, 3.8) is 0 Å². The molecule has 1 aromatic rings. The SMILES string of the molecule is CC(=O)c1cc(=O)cc(C(C)=O)o1. The second kappa shape index (κ2) is 3.35. The summed E-state index contributed by atoms with van der Waals surface area (Å²) in [6.07, 6.45) is 0. The van der Waals surface area contributed by atoms with E-state index in [0.717, 1.165) is 12.1 Å². The van der Waals surface area contributed by atoms with Crippen LogP contribution in [0.4, 0.5) is 0 Å². The number of rotatable bonds is 2. The van der Waals surface area contributed by atoms with Crippen LogP contribution < -0.4 is 5.43 Å². The lowest BCUT2D eigenvalue weighted by atomic mass is 10.2. The molecule has 0 aromatic carbocycles. The topological polar surface area (TPSA) is 64.3 Å². The first kappa shape index (κ1) is 9.38. The van der Waals surface area contributed by atoms with Crippen molar-refractivity contribution in [3.05, 3.63) is 33.9 Å². The summed E-state index contributed by atoms with van der Waals surface area (Å²) in [7, 11) is 0. The molecule has 13 heavy (non-hydrogen) atoms. The molecule has 0 aliphatic carbocycles. The Bertz CT molecular complexity index is 379. The third kappa shape index (κ3) is 2.11. The fourth-order valence-corrected chi connectivity index (χ4v) is 0.824. The van der Waals surface area contributed by atoms with Crippen molar-refractivity contribution < 1.29 is 14.0 Å². The van der Waals surface area contributed by atoms with Gasteiger partial charge in [0.1, 0.15) is 0 Å². The van der Waals surface area contributed by atoms with Gasteiger partial charge in [0.05, 0.1) is 0 Å². The van der Waals surface area contributed by atoms with E-state index in [-0.39, 0.29) is 23.1 Å². The van der Waals surface area contributed by atoms with Crippen molar-refractivity contribution in [1.29, 1.82) is 0 Å². The molecule has 4 nitrogen and oxygen atoms in total. The van der Waals surface area contributed by atoms with Crippen LogP contribution in [-0.2, 0) is 0 Å². The second-order valence-corrected chi connectivity index (χ2v) is 2.63. The molecule has 0 aliphatic heterocycles. The van der Waals surface area contributed by atoms with Crippen LogP contribution in [-0.4, -0.2) is 11.6 Å². The molecule has 0 spiro atoms. The molecule has 0 bridgehead atoms. The standard InChI is InChI=1S/C9H8O4/c1-5(10)8-3-7(12)4-9(13-8)6(2)11/h3-4H,1-2H3. The normalized spacial score (nSPS) is 9.69. The van der Waals surface area contributed by atoms with Crippen LogP contribution in [0.25, 0.3) is 0 Å². The van der Waals surface area contributed by atoms with E-state index < -0.39 is 5.43 Å². The van der Waals surface area contributed by atoms with Gasteiger partial charge in [-0.15, -0.1) is 0 Å². The van der Waals surface area contributed by atoms with Crippen LogP contribution in [0.1, 0.15) is 35.0 Å². The summed E-state index contributed by atoms with van der Waals surface area (Å²) in [6.45, 7) is 2.53. The van der Waals surface area contributed by atoms with E-state index in [9.17, 15) is 14.4 Å². The van der Waals surface area contributed by atoms with Crippen molar-refractivity contribution in [1.82, 2.24) is 0 Å². The molecule has 1 rings (SSSR count). The Hall–Kier alpha value is -1.71. The zero-order valence-electron chi connectivity index (χ0n) is 7.29. The number of ketones is 2. The molecule has 4 heteroatoms. The van der Waals surface area contributed by atoms with Gasteiger partial charge in [-0.25, -0.2) is 0 Å². The zero-order chi connectivity index (χ0) is 10.0. The van der Waals surface area contributed by atoms with Gasteiger partial charge in [0.15, 0.2) is 28.5 Å². The van der Waals surface area contributed by atoms with Gasteiger partial charge < -0.3 is 4.42 Å². The highest BCUT2D eigenvalue weighted by Crippen LogP contribution is 2.02. The predicted octanol–water partition coefficient (Wildman–Crippen LogP) is 1.04. The van der Waals surface area contributed by atoms with E-state index in [1.165, 1.54) is 13.8 Å². The maximum absolute atomic E-state index is 11.0. The van der Waals surface area contributed by atoms with Crippen LogP contribution in [0.15, 0.2) is 21.3 Å². The summed E-state index contributed by atoms with van der Waals surface area (Å²) in [4.78, 5) is 32.6. The van der Waals surface area contributed by atoms with Crippen molar-refractivity contribution >= 4 is 11.6 Å². The highest BCUT2D eigenvalue weighted by atomic mass is 16.4. The van der Waals surface area contributed by atoms with Gasteiger partial charge in [-0.2, -0.15) is 0 Å². The summed E-state index contributed by atoms with van der Waals surface area (Å²) in [5.74, 6) is -0.921. The Morgan fingerprint density at radius 3 is 1.77 bits per heavy atom. The first-order chi connectivity index (χ1) is 6.00. The fourth-order valence-electron chi connectivity index (χ4n) is 0.824. The van der Waals surface area contributed by atoms with Gasteiger partial charge in [-0.1, -0.05) is 0 Å². The molecule has 0 aliphatic rings. The molecule has 0 unspecified atom stereocenters. The van der Waals surface area contributed by atoms with Crippen molar-refractivity contribution in [3.8, 4) is 0 Å². The minimum absolute atomic E-state index is 0.0855. The molecule has 1 heterocycles. The Kier molecular flexibility index (Phi) is 2.41. The van der Waals surface area contributed by atoms with E-state index >= 15 is 0 Å². The van der Waals surface area contributed by atoms with E-state index in [1.54, 1.807) is 0 Å². The molecular weight excluding hydrogens is 172 g/mol. The number of carbonyl (C=O) groups excluding carboxylic acids is 2. The lowest BCUT2D eigenvalue weighted by molar-refractivity contribution is 0.0958. The maximum Gasteiger partial charge on any atom is 0.195 e. The minimum Gasteiger partial charge on any atom is -0.450 e. The average molecular weight is 180 g/mol. The molecule has 0 radical (unpaired) electrons. The third-order valence-corrected chi connectivity index (χ3v) is 1.46.